The zero-order chi connectivity index (χ0) is 15.9. The third-order valence-electron chi connectivity index (χ3n) is 3.83. The lowest BCUT2D eigenvalue weighted by atomic mass is 10.1. The average molecular weight is 306 g/mol. The molecule has 0 unspecified atom stereocenters. The van der Waals surface area contributed by atoms with Gasteiger partial charge in [0.05, 0.1) is 4.92 Å². The number of rotatable bonds is 7. The minimum absolute atomic E-state index is 0.0648. The first-order valence-corrected chi connectivity index (χ1v) is 7.55. The molecule has 2 N–H and O–H groups in total. The normalized spacial score (nSPS) is 14.1. The van der Waals surface area contributed by atoms with Crippen molar-refractivity contribution in [3.63, 3.8) is 0 Å². The Morgan fingerprint density at radius 2 is 2.09 bits per heavy atom. The molecule has 0 atom stereocenters. The van der Waals surface area contributed by atoms with Gasteiger partial charge in [-0.05, 0) is 24.5 Å². The molecule has 0 aromatic heterocycles. The summed E-state index contributed by atoms with van der Waals surface area (Å²) in [5.74, 6) is 0.182. The van der Waals surface area contributed by atoms with Crippen molar-refractivity contribution in [1.82, 2.24) is 10.2 Å². The molecular formula is C15H22N4O3. The third kappa shape index (κ3) is 4.17. The zero-order valence-corrected chi connectivity index (χ0v) is 12.8. The average Bonchev–Trinajstić information content (AvgIpc) is 3.05. The highest BCUT2D eigenvalue weighted by Crippen LogP contribution is 2.24. The van der Waals surface area contributed by atoms with E-state index in [-0.39, 0.29) is 11.6 Å². The topological polar surface area (TPSA) is 87.5 Å². The molecule has 0 spiro atoms. The van der Waals surface area contributed by atoms with Crippen molar-refractivity contribution in [2.45, 2.75) is 25.8 Å². The van der Waals surface area contributed by atoms with Crippen molar-refractivity contribution in [1.29, 1.82) is 0 Å². The highest BCUT2D eigenvalue weighted by atomic mass is 16.6. The van der Waals surface area contributed by atoms with E-state index < -0.39 is 4.92 Å². The minimum atomic E-state index is -0.397. The van der Waals surface area contributed by atoms with E-state index in [2.05, 4.69) is 10.6 Å². The Balaban J connectivity index is 1.80. The van der Waals surface area contributed by atoms with Crippen molar-refractivity contribution in [2.24, 2.45) is 0 Å². The van der Waals surface area contributed by atoms with Gasteiger partial charge in [0.1, 0.15) is 5.69 Å². The van der Waals surface area contributed by atoms with Crippen LogP contribution in [0.1, 0.15) is 24.8 Å². The van der Waals surface area contributed by atoms with Crippen LogP contribution in [0.4, 0.5) is 11.4 Å². The summed E-state index contributed by atoms with van der Waals surface area (Å²) in [6, 6.07) is 5.10. The van der Waals surface area contributed by atoms with Crippen LogP contribution in [0.2, 0.25) is 0 Å². The van der Waals surface area contributed by atoms with E-state index in [1.165, 1.54) is 0 Å². The van der Waals surface area contributed by atoms with Crippen LogP contribution in [0.15, 0.2) is 18.2 Å². The number of carbonyl (C=O) groups is 1. The Morgan fingerprint density at radius 1 is 1.36 bits per heavy atom. The smallest absolute Gasteiger partial charge is 0.292 e. The maximum atomic E-state index is 11.9. The SMILES string of the molecule is CNc1ccc(CNCCC(=O)N2CCCC2)cc1[N+](=O)[O-]. The summed E-state index contributed by atoms with van der Waals surface area (Å²) in [5, 5.41) is 17.0. The predicted molar refractivity (Wildman–Crippen MR) is 84.8 cm³/mol. The molecule has 1 aliphatic rings. The molecule has 0 bridgehead atoms. The molecule has 1 saturated heterocycles. The predicted octanol–water partition coefficient (Wildman–Crippen LogP) is 1.74. The van der Waals surface area contributed by atoms with E-state index in [0.717, 1.165) is 31.5 Å². The summed E-state index contributed by atoms with van der Waals surface area (Å²) >= 11 is 0. The minimum Gasteiger partial charge on any atom is -0.383 e. The molecule has 1 heterocycles. The van der Waals surface area contributed by atoms with Crippen LogP contribution >= 0.6 is 0 Å². The maximum absolute atomic E-state index is 11.9. The molecule has 0 aliphatic carbocycles. The Morgan fingerprint density at radius 3 is 2.73 bits per heavy atom. The second-order valence-electron chi connectivity index (χ2n) is 5.37. The highest BCUT2D eigenvalue weighted by molar-refractivity contribution is 5.76. The van der Waals surface area contributed by atoms with Crippen LogP contribution in [0, 0.1) is 10.1 Å². The lowest BCUT2D eigenvalue weighted by Gasteiger charge is -2.15. The van der Waals surface area contributed by atoms with Gasteiger partial charge in [-0.1, -0.05) is 6.07 Å². The Hall–Kier alpha value is -2.15. The summed E-state index contributed by atoms with van der Waals surface area (Å²) in [6.45, 7) is 2.84. The fourth-order valence-corrected chi connectivity index (χ4v) is 2.60. The first-order chi connectivity index (χ1) is 10.6. The second kappa shape index (κ2) is 7.74. The Labute approximate surface area is 129 Å². The standard InChI is InChI=1S/C15H22N4O3/c1-16-13-5-4-12(10-14(13)19(21)22)11-17-7-6-15(20)18-8-2-3-9-18/h4-5,10,16-17H,2-3,6-9,11H2,1H3. The number of likely N-dealkylation sites (tertiary alicyclic amines) is 1. The van der Waals surface area contributed by atoms with Gasteiger partial charge in [0.15, 0.2) is 0 Å². The van der Waals surface area contributed by atoms with Gasteiger partial charge in [-0.3, -0.25) is 14.9 Å². The van der Waals surface area contributed by atoms with E-state index >= 15 is 0 Å². The van der Waals surface area contributed by atoms with Gasteiger partial charge < -0.3 is 15.5 Å². The number of nitro benzene ring substituents is 1. The molecule has 1 amide bonds. The zero-order valence-electron chi connectivity index (χ0n) is 12.8. The van der Waals surface area contributed by atoms with Crippen molar-refractivity contribution < 1.29 is 9.72 Å². The number of nitrogens with one attached hydrogen (secondary N) is 2. The second-order valence-corrected chi connectivity index (χ2v) is 5.37. The van der Waals surface area contributed by atoms with Crippen LogP contribution in [0.25, 0.3) is 0 Å². The molecule has 22 heavy (non-hydrogen) atoms. The largest absolute Gasteiger partial charge is 0.383 e. The monoisotopic (exact) mass is 306 g/mol. The van der Waals surface area contributed by atoms with Crippen LogP contribution in [-0.4, -0.2) is 42.4 Å². The van der Waals surface area contributed by atoms with Gasteiger partial charge in [-0.2, -0.15) is 0 Å². The van der Waals surface area contributed by atoms with Crippen molar-refractivity contribution in [3.05, 3.63) is 33.9 Å². The van der Waals surface area contributed by atoms with Crippen LogP contribution < -0.4 is 10.6 Å². The van der Waals surface area contributed by atoms with E-state index in [9.17, 15) is 14.9 Å². The van der Waals surface area contributed by atoms with Gasteiger partial charge in [-0.15, -0.1) is 0 Å². The fourth-order valence-electron chi connectivity index (χ4n) is 2.60. The van der Waals surface area contributed by atoms with E-state index in [1.807, 2.05) is 11.0 Å². The summed E-state index contributed by atoms with van der Waals surface area (Å²) < 4.78 is 0. The first-order valence-electron chi connectivity index (χ1n) is 7.55. The number of nitrogens with zero attached hydrogens (tertiary/aromatic N) is 2. The summed E-state index contributed by atoms with van der Waals surface area (Å²) in [6.07, 6.45) is 2.66. The van der Waals surface area contributed by atoms with Crippen LogP contribution in [-0.2, 0) is 11.3 Å². The molecule has 1 fully saturated rings. The molecule has 1 aromatic rings. The van der Waals surface area contributed by atoms with Crippen molar-refractivity contribution in [3.8, 4) is 0 Å². The molecule has 7 heteroatoms. The Kier molecular flexibility index (Phi) is 5.71. The van der Waals surface area contributed by atoms with Gasteiger partial charge >= 0.3 is 0 Å². The molecule has 1 aromatic carbocycles. The number of benzene rings is 1. The van der Waals surface area contributed by atoms with Gasteiger partial charge in [-0.25, -0.2) is 0 Å². The third-order valence-corrected chi connectivity index (χ3v) is 3.83. The molecule has 1 aliphatic heterocycles. The number of amides is 1. The maximum Gasteiger partial charge on any atom is 0.292 e. The molecule has 0 saturated carbocycles. The molecule has 0 radical (unpaired) electrons. The van der Waals surface area contributed by atoms with E-state index in [1.54, 1.807) is 19.2 Å². The van der Waals surface area contributed by atoms with Crippen LogP contribution in [0.3, 0.4) is 0 Å². The lowest BCUT2D eigenvalue weighted by Crippen LogP contribution is -2.30. The number of hydrogen-bond acceptors (Lipinski definition) is 5. The Bertz CT molecular complexity index is 542. The van der Waals surface area contributed by atoms with E-state index in [0.29, 0.717) is 25.2 Å². The number of hydrogen-bond donors (Lipinski definition) is 2. The quantitative estimate of drug-likeness (QED) is 0.455. The summed E-state index contributed by atoms with van der Waals surface area (Å²) in [7, 11) is 1.66. The highest BCUT2D eigenvalue weighted by Gasteiger charge is 2.17. The number of nitro groups is 1. The van der Waals surface area contributed by atoms with Gasteiger partial charge in [0.2, 0.25) is 5.91 Å². The van der Waals surface area contributed by atoms with Crippen molar-refractivity contribution in [2.75, 3.05) is 32.0 Å². The molecular weight excluding hydrogens is 284 g/mol. The molecule has 7 nitrogen and oxygen atoms in total. The lowest BCUT2D eigenvalue weighted by molar-refractivity contribution is -0.384. The molecule has 120 valence electrons. The fraction of sp³-hybridized carbons (Fsp3) is 0.533. The van der Waals surface area contributed by atoms with E-state index in [4.69, 9.17) is 0 Å². The van der Waals surface area contributed by atoms with Crippen molar-refractivity contribution >= 4 is 17.3 Å². The first kappa shape index (κ1) is 16.2. The molecule has 2 rings (SSSR count). The summed E-state index contributed by atoms with van der Waals surface area (Å²) in [5.41, 5.74) is 1.40. The number of carbonyl (C=O) groups excluding carboxylic acids is 1. The number of anilines is 1. The van der Waals surface area contributed by atoms with Gasteiger partial charge in [0.25, 0.3) is 5.69 Å². The summed E-state index contributed by atoms with van der Waals surface area (Å²) in [4.78, 5) is 24.4. The van der Waals surface area contributed by atoms with Gasteiger partial charge in [0, 0.05) is 45.7 Å². The van der Waals surface area contributed by atoms with Crippen LogP contribution in [0.5, 0.6) is 0 Å².